The van der Waals surface area contributed by atoms with Crippen molar-refractivity contribution in [2.45, 2.75) is 31.9 Å². The van der Waals surface area contributed by atoms with Gasteiger partial charge in [-0.3, -0.25) is 0 Å². The molecule has 1 aromatic heterocycles. The first-order chi connectivity index (χ1) is 8.45. The average molecular weight is 259 g/mol. The Morgan fingerprint density at radius 3 is 2.67 bits per heavy atom. The number of pyridine rings is 1. The molecule has 1 heterocycles. The molecule has 0 spiro atoms. The molecule has 0 amide bonds. The summed E-state index contributed by atoms with van der Waals surface area (Å²) < 4.78 is 37.6. The van der Waals surface area contributed by atoms with Gasteiger partial charge in [-0.25, -0.2) is 4.98 Å². The first-order valence-electron chi connectivity index (χ1n) is 6.04. The Bertz CT molecular complexity index is 414. The van der Waals surface area contributed by atoms with E-state index in [9.17, 15) is 13.2 Å². The number of hydrogen-bond donors (Lipinski definition) is 2. The van der Waals surface area contributed by atoms with E-state index in [2.05, 4.69) is 10.3 Å². The molecule has 3 N–H and O–H groups in total. The number of nitrogens with two attached hydrogens (primary N) is 1. The Morgan fingerprint density at radius 2 is 2.06 bits per heavy atom. The van der Waals surface area contributed by atoms with E-state index in [1.807, 2.05) is 0 Å². The van der Waals surface area contributed by atoms with Crippen LogP contribution < -0.4 is 11.1 Å². The van der Waals surface area contributed by atoms with Gasteiger partial charge < -0.3 is 11.1 Å². The molecule has 1 saturated carbocycles. The predicted molar refractivity (Wildman–Crippen MR) is 64.1 cm³/mol. The highest BCUT2D eigenvalue weighted by atomic mass is 19.4. The number of nitrogens with zero attached hydrogens (tertiary/aromatic N) is 1. The summed E-state index contributed by atoms with van der Waals surface area (Å²) in [6.07, 6.45) is 0.259. The molecule has 0 aromatic carbocycles. The van der Waals surface area contributed by atoms with E-state index < -0.39 is 11.7 Å². The summed E-state index contributed by atoms with van der Waals surface area (Å²) in [5.74, 6) is 0.902. The Hall–Kier alpha value is -1.46. The third kappa shape index (κ3) is 3.78. The highest BCUT2D eigenvalue weighted by Gasteiger charge is 2.31. The maximum absolute atomic E-state index is 12.5. The minimum Gasteiger partial charge on any atom is -0.384 e. The molecule has 1 aliphatic carbocycles. The molecular formula is C12H16F3N3. The number of nitrogen functional groups attached to an aromatic ring is 1. The molecule has 0 atom stereocenters. The number of aromatic nitrogens is 1. The summed E-state index contributed by atoms with van der Waals surface area (Å²) in [6.45, 7) is 0.629. The van der Waals surface area contributed by atoms with Crippen LogP contribution in [0.4, 0.5) is 24.8 Å². The van der Waals surface area contributed by atoms with Crippen molar-refractivity contribution in [1.82, 2.24) is 4.98 Å². The van der Waals surface area contributed by atoms with E-state index in [4.69, 9.17) is 5.73 Å². The summed E-state index contributed by atoms with van der Waals surface area (Å²) in [4.78, 5) is 3.85. The fraction of sp³-hybridized carbons (Fsp3) is 0.583. The summed E-state index contributed by atoms with van der Waals surface area (Å²) in [7, 11) is 0. The van der Waals surface area contributed by atoms with Crippen LogP contribution >= 0.6 is 0 Å². The maximum atomic E-state index is 12.5. The summed E-state index contributed by atoms with van der Waals surface area (Å²) in [5, 5.41) is 2.89. The maximum Gasteiger partial charge on any atom is 0.416 e. The normalized spacial score (nSPS) is 15.7. The lowest BCUT2D eigenvalue weighted by Crippen LogP contribution is -2.10. The van der Waals surface area contributed by atoms with Crippen LogP contribution in [-0.4, -0.2) is 11.5 Å². The van der Waals surface area contributed by atoms with Crippen molar-refractivity contribution < 1.29 is 13.2 Å². The van der Waals surface area contributed by atoms with E-state index in [1.54, 1.807) is 0 Å². The minimum atomic E-state index is -4.39. The van der Waals surface area contributed by atoms with Crippen molar-refractivity contribution in [2.75, 3.05) is 17.6 Å². The molecule has 18 heavy (non-hydrogen) atoms. The molecule has 6 heteroatoms. The molecule has 1 aliphatic rings. The number of nitrogens with one attached hydrogen (secondary N) is 1. The van der Waals surface area contributed by atoms with Crippen molar-refractivity contribution in [1.29, 1.82) is 0 Å². The monoisotopic (exact) mass is 259 g/mol. The van der Waals surface area contributed by atoms with Gasteiger partial charge in [-0.1, -0.05) is 12.8 Å². The Balaban J connectivity index is 1.92. The van der Waals surface area contributed by atoms with Gasteiger partial charge >= 0.3 is 6.18 Å². The minimum absolute atomic E-state index is 0.116. The molecule has 3 nitrogen and oxygen atoms in total. The molecule has 0 radical (unpaired) electrons. The van der Waals surface area contributed by atoms with E-state index in [0.717, 1.165) is 30.9 Å². The molecule has 2 rings (SSSR count). The Morgan fingerprint density at radius 1 is 1.33 bits per heavy atom. The number of hydrogen-bond acceptors (Lipinski definition) is 3. The van der Waals surface area contributed by atoms with Crippen molar-refractivity contribution in [2.24, 2.45) is 5.92 Å². The lowest BCUT2D eigenvalue weighted by molar-refractivity contribution is -0.137. The lowest BCUT2D eigenvalue weighted by atomic mass is 10.2. The lowest BCUT2D eigenvalue weighted by Gasteiger charge is -2.11. The molecule has 0 saturated heterocycles. The number of anilines is 2. The molecule has 1 fully saturated rings. The van der Waals surface area contributed by atoms with Gasteiger partial charge in [-0.15, -0.1) is 0 Å². The van der Waals surface area contributed by atoms with Gasteiger partial charge in [-0.2, -0.15) is 13.2 Å². The largest absolute Gasteiger partial charge is 0.416 e. The van der Waals surface area contributed by atoms with Crippen LogP contribution in [0.1, 0.15) is 31.2 Å². The first kappa shape index (κ1) is 13.0. The third-order valence-corrected chi connectivity index (χ3v) is 2.96. The van der Waals surface area contributed by atoms with Gasteiger partial charge in [0.2, 0.25) is 0 Å². The van der Waals surface area contributed by atoms with Crippen LogP contribution in [0.5, 0.6) is 0 Å². The Labute approximate surface area is 104 Å². The van der Waals surface area contributed by atoms with Crippen LogP contribution in [0, 0.1) is 5.92 Å². The SMILES string of the molecule is Nc1cc(C(F)(F)F)cc(NCCCC2CC2)n1. The number of rotatable bonds is 5. The first-order valence-corrected chi connectivity index (χ1v) is 6.04. The average Bonchev–Trinajstić information content (AvgIpc) is 3.06. The fourth-order valence-corrected chi connectivity index (χ4v) is 1.82. The molecule has 0 bridgehead atoms. The number of alkyl halides is 3. The second-order valence-electron chi connectivity index (χ2n) is 4.68. The molecule has 0 aliphatic heterocycles. The van der Waals surface area contributed by atoms with Gasteiger partial charge in [0.1, 0.15) is 11.6 Å². The molecule has 100 valence electrons. The van der Waals surface area contributed by atoms with Gasteiger partial charge in [0.05, 0.1) is 5.56 Å². The van der Waals surface area contributed by atoms with Crippen molar-refractivity contribution >= 4 is 11.6 Å². The van der Waals surface area contributed by atoms with E-state index in [0.29, 0.717) is 6.54 Å². The summed E-state index contributed by atoms with van der Waals surface area (Å²) in [6, 6.07) is 1.84. The third-order valence-electron chi connectivity index (χ3n) is 2.96. The van der Waals surface area contributed by atoms with Crippen molar-refractivity contribution in [3.05, 3.63) is 17.7 Å². The summed E-state index contributed by atoms with van der Waals surface area (Å²) >= 11 is 0. The van der Waals surface area contributed by atoms with Gasteiger partial charge in [0.25, 0.3) is 0 Å². The molecular weight excluding hydrogens is 243 g/mol. The smallest absolute Gasteiger partial charge is 0.384 e. The predicted octanol–water partition coefficient (Wildman–Crippen LogP) is 3.28. The molecule has 0 unspecified atom stereocenters. The topological polar surface area (TPSA) is 50.9 Å². The second-order valence-corrected chi connectivity index (χ2v) is 4.68. The highest BCUT2D eigenvalue weighted by Crippen LogP contribution is 2.33. The zero-order valence-electron chi connectivity index (χ0n) is 9.93. The Kier molecular flexibility index (Phi) is 3.63. The molecule has 1 aromatic rings. The second kappa shape index (κ2) is 5.04. The summed E-state index contributed by atoms with van der Waals surface area (Å²) in [5.41, 5.74) is 4.60. The quantitative estimate of drug-likeness (QED) is 0.798. The van der Waals surface area contributed by atoms with Crippen molar-refractivity contribution in [3.8, 4) is 0 Å². The van der Waals surface area contributed by atoms with Crippen LogP contribution in [0.3, 0.4) is 0 Å². The van der Waals surface area contributed by atoms with Gasteiger partial charge in [-0.05, 0) is 30.9 Å². The van der Waals surface area contributed by atoms with Crippen LogP contribution in [0.15, 0.2) is 12.1 Å². The zero-order valence-corrected chi connectivity index (χ0v) is 9.93. The van der Waals surface area contributed by atoms with E-state index in [1.165, 1.54) is 12.8 Å². The van der Waals surface area contributed by atoms with E-state index >= 15 is 0 Å². The highest BCUT2D eigenvalue weighted by molar-refractivity contribution is 5.47. The van der Waals surface area contributed by atoms with Gasteiger partial charge in [0.15, 0.2) is 0 Å². The standard InChI is InChI=1S/C12H16F3N3/c13-12(14,15)9-6-10(16)18-11(7-9)17-5-1-2-8-3-4-8/h6-8H,1-5H2,(H3,16,17,18). The van der Waals surface area contributed by atoms with Crippen LogP contribution in [0.2, 0.25) is 0 Å². The van der Waals surface area contributed by atoms with E-state index in [-0.39, 0.29) is 11.6 Å². The van der Waals surface area contributed by atoms with Crippen LogP contribution in [-0.2, 0) is 6.18 Å². The van der Waals surface area contributed by atoms with Crippen LogP contribution in [0.25, 0.3) is 0 Å². The van der Waals surface area contributed by atoms with Crippen molar-refractivity contribution in [3.63, 3.8) is 0 Å². The fourth-order valence-electron chi connectivity index (χ4n) is 1.82. The van der Waals surface area contributed by atoms with Gasteiger partial charge in [0, 0.05) is 6.54 Å². The zero-order chi connectivity index (χ0) is 13.2. The number of halogens is 3.